The Morgan fingerprint density at radius 2 is 1.04 bits per heavy atom. The van der Waals surface area contributed by atoms with Crippen molar-refractivity contribution in [2.75, 3.05) is 0 Å². The maximum atomic E-state index is 11.7. The van der Waals surface area contributed by atoms with Gasteiger partial charge in [0.1, 0.15) is 0 Å². The molecule has 14 heteroatoms. The molecule has 0 spiro atoms. The van der Waals surface area contributed by atoms with Crippen molar-refractivity contribution in [2.45, 2.75) is 36.9 Å². The number of esters is 1. The van der Waals surface area contributed by atoms with Crippen molar-refractivity contribution in [3.05, 3.63) is 0 Å². The molecule has 0 saturated heterocycles. The molecule has 0 aliphatic carbocycles. The molecule has 0 rings (SSSR count). The third-order valence-corrected chi connectivity index (χ3v) is 2.85. The van der Waals surface area contributed by atoms with Crippen molar-refractivity contribution in [3.63, 3.8) is 0 Å². The molecule has 0 fully saturated rings. The summed E-state index contributed by atoms with van der Waals surface area (Å²) in [6, 6.07) is 0. The van der Waals surface area contributed by atoms with Gasteiger partial charge in [-0.15, -0.1) is 0 Å². The number of carboxylic acids is 5. The van der Waals surface area contributed by atoms with Crippen LogP contribution in [0.2, 0.25) is 0 Å². The first-order valence-corrected chi connectivity index (χ1v) is 6.30. The van der Waals surface area contributed by atoms with E-state index in [1.807, 2.05) is 0 Å². The van der Waals surface area contributed by atoms with Gasteiger partial charge >= 0.3 is 54.7 Å². The van der Waals surface area contributed by atoms with Crippen LogP contribution in [0.1, 0.15) is 25.7 Å². The molecule has 0 bridgehead atoms. The molecule has 142 valence electrons. The average molecular weight is 374 g/mol. The van der Waals surface area contributed by atoms with Gasteiger partial charge in [-0.1, -0.05) is 0 Å². The number of hydrogen-bond donors (Lipinski definition) is 6. The van der Waals surface area contributed by atoms with Gasteiger partial charge in [0.05, 0.1) is 25.7 Å². The fourth-order valence-corrected chi connectivity index (χ4v) is 1.77. The number of carbonyl (C=O) groups excluding carboxylic acids is 1. The zero-order valence-corrected chi connectivity index (χ0v) is 12.4. The van der Waals surface area contributed by atoms with Gasteiger partial charge in [-0.25, -0.2) is 9.59 Å². The molecule has 1 atom stereocenters. The van der Waals surface area contributed by atoms with E-state index in [1.54, 1.807) is 0 Å². The SMILES string of the molecule is O=C(O)CC(O)(CC(=O)OC(CC(=O)O)(CC(=O)O)C(=O)O)C(=O)O.[LiH]. The first-order valence-electron chi connectivity index (χ1n) is 6.30. The van der Waals surface area contributed by atoms with E-state index in [0.29, 0.717) is 0 Å². The summed E-state index contributed by atoms with van der Waals surface area (Å²) in [7, 11) is 0. The normalized spacial score (nSPS) is 12.8. The maximum absolute atomic E-state index is 11.7. The molecule has 0 amide bonds. The van der Waals surface area contributed by atoms with Crippen LogP contribution in [0.3, 0.4) is 0 Å². The van der Waals surface area contributed by atoms with Crippen LogP contribution in [0.25, 0.3) is 0 Å². The molecule has 0 heterocycles. The first-order chi connectivity index (χ1) is 11.2. The zero-order valence-electron chi connectivity index (χ0n) is 12.4. The Morgan fingerprint density at radius 1 is 0.654 bits per heavy atom. The summed E-state index contributed by atoms with van der Waals surface area (Å²) < 4.78 is 4.33. The number of carbonyl (C=O) groups is 6. The van der Waals surface area contributed by atoms with Crippen LogP contribution >= 0.6 is 0 Å². The minimum absolute atomic E-state index is 0. The number of aliphatic carboxylic acids is 5. The number of ether oxygens (including phenoxy) is 1. The molecule has 26 heavy (non-hydrogen) atoms. The molecular formula is C12H15LiO13. The Labute approximate surface area is 156 Å². The van der Waals surface area contributed by atoms with Gasteiger partial charge in [0.15, 0.2) is 5.60 Å². The molecule has 1 unspecified atom stereocenters. The van der Waals surface area contributed by atoms with E-state index in [9.17, 15) is 33.9 Å². The van der Waals surface area contributed by atoms with E-state index in [0.717, 1.165) is 0 Å². The summed E-state index contributed by atoms with van der Waals surface area (Å²) in [5.41, 5.74) is -6.24. The molecule has 0 saturated carbocycles. The van der Waals surface area contributed by atoms with E-state index in [1.165, 1.54) is 0 Å². The van der Waals surface area contributed by atoms with Crippen molar-refractivity contribution >= 4 is 54.7 Å². The molecule has 0 aromatic rings. The zero-order chi connectivity index (χ0) is 20.0. The molecule has 0 aromatic heterocycles. The van der Waals surface area contributed by atoms with Gasteiger partial charge in [0.2, 0.25) is 5.60 Å². The second kappa shape index (κ2) is 9.76. The van der Waals surface area contributed by atoms with Crippen molar-refractivity contribution in [1.82, 2.24) is 0 Å². The second-order valence-corrected chi connectivity index (χ2v) is 5.00. The van der Waals surface area contributed by atoms with E-state index in [4.69, 9.17) is 25.5 Å². The molecule has 13 nitrogen and oxygen atoms in total. The summed E-state index contributed by atoms with van der Waals surface area (Å²) in [5.74, 6) is -11.6. The van der Waals surface area contributed by atoms with Gasteiger partial charge in [0, 0.05) is 0 Å². The Hall–Kier alpha value is -2.62. The van der Waals surface area contributed by atoms with E-state index in [2.05, 4.69) is 4.74 Å². The molecule has 0 aliphatic rings. The van der Waals surface area contributed by atoms with Crippen molar-refractivity contribution in [3.8, 4) is 0 Å². The molecule has 0 aliphatic heterocycles. The van der Waals surface area contributed by atoms with E-state index in [-0.39, 0.29) is 18.9 Å². The van der Waals surface area contributed by atoms with E-state index < -0.39 is 72.7 Å². The van der Waals surface area contributed by atoms with Crippen LogP contribution in [-0.4, -0.2) is 96.5 Å². The predicted octanol–water partition coefficient (Wildman–Crippen LogP) is -2.67. The van der Waals surface area contributed by atoms with Gasteiger partial charge in [0.25, 0.3) is 0 Å². The van der Waals surface area contributed by atoms with Gasteiger partial charge in [-0.2, -0.15) is 0 Å². The quantitative estimate of drug-likeness (QED) is 0.160. The third kappa shape index (κ3) is 7.51. The van der Waals surface area contributed by atoms with Crippen LogP contribution in [0.15, 0.2) is 0 Å². The Morgan fingerprint density at radius 3 is 1.31 bits per heavy atom. The van der Waals surface area contributed by atoms with Crippen molar-refractivity contribution in [2.24, 2.45) is 0 Å². The summed E-state index contributed by atoms with van der Waals surface area (Å²) in [6.07, 6.45) is -5.94. The van der Waals surface area contributed by atoms with Crippen LogP contribution in [-0.2, 0) is 33.5 Å². The molecule has 6 N–H and O–H groups in total. The molecule has 0 radical (unpaired) electrons. The summed E-state index contributed by atoms with van der Waals surface area (Å²) in [5, 5.41) is 53.5. The monoisotopic (exact) mass is 374 g/mol. The summed E-state index contributed by atoms with van der Waals surface area (Å²) >= 11 is 0. The van der Waals surface area contributed by atoms with E-state index >= 15 is 0 Å². The second-order valence-electron chi connectivity index (χ2n) is 5.00. The fraction of sp³-hybridized carbons (Fsp3) is 0.500. The minimum atomic E-state index is -3.17. The number of rotatable bonds is 11. The van der Waals surface area contributed by atoms with Crippen LogP contribution in [0.4, 0.5) is 0 Å². The van der Waals surface area contributed by atoms with Crippen LogP contribution in [0.5, 0.6) is 0 Å². The van der Waals surface area contributed by atoms with Gasteiger partial charge < -0.3 is 35.4 Å². The van der Waals surface area contributed by atoms with Crippen molar-refractivity contribution in [1.29, 1.82) is 0 Å². The molecule has 0 aromatic carbocycles. The van der Waals surface area contributed by atoms with Gasteiger partial charge in [-0.3, -0.25) is 19.2 Å². The van der Waals surface area contributed by atoms with Crippen LogP contribution in [0, 0.1) is 0 Å². The topological polar surface area (TPSA) is 233 Å². The number of hydrogen-bond acceptors (Lipinski definition) is 8. The third-order valence-electron chi connectivity index (χ3n) is 2.85. The summed E-state index contributed by atoms with van der Waals surface area (Å²) in [6.45, 7) is 0. The Bertz CT molecular complexity index is 596. The molecular weight excluding hydrogens is 359 g/mol. The first kappa shape index (κ1) is 25.6. The number of aliphatic hydroxyl groups is 1. The Balaban J connectivity index is 0. The number of carboxylic acid groups (broad SMARTS) is 5. The summed E-state index contributed by atoms with van der Waals surface area (Å²) in [4.78, 5) is 66.0. The standard InChI is InChI=1S/C12H14O13.Li.H/c13-5(14)1-11(24,9(20)21)4-8(19)25-12(10(22)23,2-6(15)16)3-7(17)18;;/h24H,1-4H2,(H,13,14)(H,15,16)(H,17,18)(H,20,21)(H,22,23);;. The fourth-order valence-electron chi connectivity index (χ4n) is 1.77. The average Bonchev–Trinajstić information content (AvgIpc) is 2.34. The van der Waals surface area contributed by atoms with Crippen molar-refractivity contribution < 1.29 is 64.1 Å². The Kier molecular flexibility index (Phi) is 9.61. The van der Waals surface area contributed by atoms with Gasteiger partial charge in [-0.05, 0) is 0 Å². The van der Waals surface area contributed by atoms with Crippen LogP contribution < -0.4 is 0 Å². The predicted molar refractivity (Wildman–Crippen MR) is 77.6 cm³/mol.